The van der Waals surface area contributed by atoms with Gasteiger partial charge in [-0.05, 0) is 50.0 Å². The molecular weight excluding hydrogens is 422 g/mol. The molecule has 1 aliphatic rings. The maximum atomic E-state index is 13.7. The largest absolute Gasteiger partial charge is 0.381 e. The van der Waals surface area contributed by atoms with E-state index in [-0.39, 0.29) is 24.8 Å². The van der Waals surface area contributed by atoms with Gasteiger partial charge in [0.15, 0.2) is 0 Å². The third kappa shape index (κ3) is 6.54. The Bertz CT molecular complexity index is 789. The van der Waals surface area contributed by atoms with Gasteiger partial charge in [0.05, 0.1) is 17.4 Å². The third-order valence-corrected chi connectivity index (χ3v) is 6.82. The molecule has 1 fully saturated rings. The maximum absolute atomic E-state index is 13.7. The van der Waals surface area contributed by atoms with Gasteiger partial charge in [-0.3, -0.25) is 19.6 Å². The summed E-state index contributed by atoms with van der Waals surface area (Å²) in [5, 5.41) is 13.9. The van der Waals surface area contributed by atoms with Crippen molar-refractivity contribution in [2.24, 2.45) is 22.5 Å². The quantitative estimate of drug-likeness (QED) is 0.266. The average Bonchev–Trinajstić information content (AvgIpc) is 2.77. The molecule has 2 rings (SSSR count). The molecule has 0 aromatic heterocycles. The Morgan fingerprint density at radius 1 is 1.24 bits per heavy atom. The first-order valence-corrected chi connectivity index (χ1v) is 11.7. The van der Waals surface area contributed by atoms with E-state index < -0.39 is 28.7 Å². The van der Waals surface area contributed by atoms with Crippen LogP contribution in [0.2, 0.25) is 0 Å². The van der Waals surface area contributed by atoms with Crippen LogP contribution in [-0.4, -0.2) is 53.8 Å². The highest BCUT2D eigenvalue weighted by Gasteiger charge is 2.57. The van der Waals surface area contributed by atoms with Crippen molar-refractivity contribution < 1.29 is 24.3 Å². The lowest BCUT2D eigenvalue weighted by atomic mass is 9.57. The molecule has 8 heteroatoms. The van der Waals surface area contributed by atoms with Gasteiger partial charge in [-0.15, -0.1) is 0 Å². The number of nitrogens with zero attached hydrogens (tertiary/aromatic N) is 1. The number of hydrogen-bond donors (Lipinski definition) is 3. The first kappa shape index (κ1) is 26.8. The number of ether oxygens (including phenoxy) is 1. The SMILES string of the molecule is C[C@H](N(O)C=O)C(CCCc1ccccc1)(C(N)=O)[C@@H](C(=O)NC1CCOCC1)C(C)(C)C. The lowest BCUT2D eigenvalue weighted by Gasteiger charge is -2.48. The molecule has 1 unspecified atom stereocenters. The van der Waals surface area contributed by atoms with Gasteiger partial charge in [-0.25, -0.2) is 5.06 Å². The Kier molecular flexibility index (Phi) is 9.43. The second-order valence-electron chi connectivity index (χ2n) is 10.1. The fourth-order valence-electron chi connectivity index (χ4n) is 5.15. The zero-order chi connectivity index (χ0) is 24.6. The predicted octanol–water partition coefficient (Wildman–Crippen LogP) is 2.67. The lowest BCUT2D eigenvalue weighted by Crippen LogP contribution is -2.63. The number of nitrogens with one attached hydrogen (secondary N) is 1. The molecular formula is C25H39N3O5. The molecule has 1 heterocycles. The predicted molar refractivity (Wildman–Crippen MR) is 125 cm³/mol. The van der Waals surface area contributed by atoms with E-state index in [0.29, 0.717) is 44.0 Å². The average molecular weight is 462 g/mol. The summed E-state index contributed by atoms with van der Waals surface area (Å²) >= 11 is 0. The van der Waals surface area contributed by atoms with E-state index in [2.05, 4.69) is 5.32 Å². The molecule has 1 aromatic carbocycles. The molecule has 0 aliphatic carbocycles. The van der Waals surface area contributed by atoms with Crippen molar-refractivity contribution >= 4 is 18.2 Å². The van der Waals surface area contributed by atoms with Crippen molar-refractivity contribution in [3.05, 3.63) is 35.9 Å². The van der Waals surface area contributed by atoms with Gasteiger partial charge in [0.2, 0.25) is 18.2 Å². The van der Waals surface area contributed by atoms with Gasteiger partial charge >= 0.3 is 0 Å². The number of rotatable bonds is 11. The number of hydrogen-bond acceptors (Lipinski definition) is 5. The van der Waals surface area contributed by atoms with E-state index in [1.165, 1.54) is 0 Å². The molecule has 184 valence electrons. The first-order valence-electron chi connectivity index (χ1n) is 11.7. The molecule has 3 amide bonds. The van der Waals surface area contributed by atoms with Crippen LogP contribution in [0, 0.1) is 16.7 Å². The van der Waals surface area contributed by atoms with Crippen molar-refractivity contribution in [1.29, 1.82) is 0 Å². The number of nitrogens with two attached hydrogens (primary N) is 1. The number of aryl methyl sites for hydroxylation is 1. The number of hydroxylamine groups is 2. The fourth-order valence-corrected chi connectivity index (χ4v) is 5.15. The molecule has 0 bridgehead atoms. The van der Waals surface area contributed by atoms with E-state index in [0.717, 1.165) is 5.56 Å². The highest BCUT2D eigenvalue weighted by molar-refractivity contribution is 5.91. The van der Waals surface area contributed by atoms with Crippen molar-refractivity contribution in [1.82, 2.24) is 10.4 Å². The summed E-state index contributed by atoms with van der Waals surface area (Å²) in [6.07, 6.45) is 3.11. The Labute approximate surface area is 196 Å². The molecule has 0 saturated carbocycles. The molecule has 1 saturated heterocycles. The Morgan fingerprint density at radius 3 is 2.36 bits per heavy atom. The molecule has 3 atom stereocenters. The van der Waals surface area contributed by atoms with Gasteiger partial charge in [-0.2, -0.15) is 0 Å². The standard InChI is InChI=1S/C25H39N3O5/c1-18(28(32)17-29)25(23(26)31,14-8-11-19-9-6-5-7-10-19)21(24(2,3)4)22(30)27-20-12-15-33-16-13-20/h5-7,9-10,17-18,20-21,32H,8,11-16H2,1-4H3,(H2,26,31)(H,27,30)/t18-,21-,25?/m0/s1. The Morgan fingerprint density at radius 2 is 1.85 bits per heavy atom. The van der Waals surface area contributed by atoms with Gasteiger partial charge in [0.25, 0.3) is 0 Å². The van der Waals surface area contributed by atoms with Crippen molar-refractivity contribution in [2.45, 2.75) is 71.9 Å². The summed E-state index contributed by atoms with van der Waals surface area (Å²) in [5.41, 5.74) is 4.97. The number of carbonyl (C=O) groups excluding carboxylic acids is 3. The van der Waals surface area contributed by atoms with Crippen LogP contribution in [-0.2, 0) is 25.5 Å². The van der Waals surface area contributed by atoms with Crippen LogP contribution in [0.5, 0.6) is 0 Å². The zero-order valence-electron chi connectivity index (χ0n) is 20.3. The van der Waals surface area contributed by atoms with Crippen LogP contribution in [0.3, 0.4) is 0 Å². The van der Waals surface area contributed by atoms with Crippen LogP contribution < -0.4 is 11.1 Å². The van der Waals surface area contributed by atoms with E-state index in [1.54, 1.807) is 6.92 Å². The summed E-state index contributed by atoms with van der Waals surface area (Å²) in [7, 11) is 0. The molecule has 0 spiro atoms. The first-order chi connectivity index (χ1) is 15.5. The lowest BCUT2D eigenvalue weighted by molar-refractivity contribution is -0.187. The van der Waals surface area contributed by atoms with Crippen LogP contribution in [0.25, 0.3) is 0 Å². The normalized spacial score (nSPS) is 18.6. The topological polar surface area (TPSA) is 122 Å². The third-order valence-electron chi connectivity index (χ3n) is 6.82. The van der Waals surface area contributed by atoms with Gasteiger partial charge in [0, 0.05) is 19.3 Å². The second kappa shape index (κ2) is 11.6. The summed E-state index contributed by atoms with van der Waals surface area (Å²) in [6.45, 7) is 8.34. The van der Waals surface area contributed by atoms with Gasteiger partial charge < -0.3 is 15.8 Å². The summed E-state index contributed by atoms with van der Waals surface area (Å²) in [6, 6.07) is 8.77. The Hall–Kier alpha value is -2.45. The van der Waals surface area contributed by atoms with Crippen molar-refractivity contribution in [2.75, 3.05) is 13.2 Å². The fraction of sp³-hybridized carbons (Fsp3) is 0.640. The number of primary amides is 1. The smallest absolute Gasteiger partial charge is 0.233 e. The number of amides is 3. The monoisotopic (exact) mass is 461 g/mol. The Balaban J connectivity index is 2.44. The van der Waals surface area contributed by atoms with Crippen LogP contribution >= 0.6 is 0 Å². The maximum Gasteiger partial charge on any atom is 0.233 e. The zero-order valence-corrected chi connectivity index (χ0v) is 20.3. The van der Waals surface area contributed by atoms with E-state index in [4.69, 9.17) is 10.5 Å². The van der Waals surface area contributed by atoms with E-state index in [1.807, 2.05) is 51.1 Å². The number of carbonyl (C=O) groups is 3. The molecule has 1 aliphatic heterocycles. The number of benzene rings is 1. The van der Waals surface area contributed by atoms with Crippen LogP contribution in [0.15, 0.2) is 30.3 Å². The highest BCUT2D eigenvalue weighted by atomic mass is 16.5. The minimum Gasteiger partial charge on any atom is -0.381 e. The highest BCUT2D eigenvalue weighted by Crippen LogP contribution is 2.47. The second-order valence-corrected chi connectivity index (χ2v) is 10.1. The van der Waals surface area contributed by atoms with Crippen LogP contribution in [0.1, 0.15) is 58.9 Å². The van der Waals surface area contributed by atoms with Crippen LogP contribution in [0.4, 0.5) is 0 Å². The van der Waals surface area contributed by atoms with E-state index >= 15 is 0 Å². The van der Waals surface area contributed by atoms with Crippen molar-refractivity contribution in [3.63, 3.8) is 0 Å². The van der Waals surface area contributed by atoms with Crippen molar-refractivity contribution in [3.8, 4) is 0 Å². The van der Waals surface area contributed by atoms with E-state index in [9.17, 15) is 19.6 Å². The molecule has 33 heavy (non-hydrogen) atoms. The summed E-state index contributed by atoms with van der Waals surface area (Å²) in [4.78, 5) is 38.4. The molecule has 0 radical (unpaired) electrons. The minimum atomic E-state index is -1.47. The van der Waals surface area contributed by atoms with Gasteiger partial charge in [0.1, 0.15) is 0 Å². The molecule has 4 N–H and O–H groups in total. The molecule has 1 aromatic rings. The summed E-state index contributed by atoms with van der Waals surface area (Å²) in [5.74, 6) is -1.87. The minimum absolute atomic E-state index is 0.0578. The summed E-state index contributed by atoms with van der Waals surface area (Å²) < 4.78 is 5.39. The molecule has 8 nitrogen and oxygen atoms in total. The van der Waals surface area contributed by atoms with Gasteiger partial charge in [-0.1, -0.05) is 51.1 Å².